The van der Waals surface area contributed by atoms with Crippen LogP contribution in [0.1, 0.15) is 30.3 Å². The van der Waals surface area contributed by atoms with Gasteiger partial charge in [-0.25, -0.2) is 0 Å². The summed E-state index contributed by atoms with van der Waals surface area (Å²) in [5.41, 5.74) is 3.00. The number of carbonyl (C=O) groups is 1. The van der Waals surface area contributed by atoms with Gasteiger partial charge in [-0.3, -0.25) is 4.79 Å². The van der Waals surface area contributed by atoms with Gasteiger partial charge in [0.1, 0.15) is 0 Å². The maximum Gasteiger partial charge on any atom is 0.175 e. The topological polar surface area (TPSA) is 36.1 Å². The monoisotopic (exact) mass is 228 g/mol. The number of nitrogens with zero attached hydrogens (tertiary/aromatic N) is 1. The molecule has 2 heterocycles. The van der Waals surface area contributed by atoms with Crippen molar-refractivity contribution >= 4 is 22.4 Å². The van der Waals surface area contributed by atoms with Gasteiger partial charge in [-0.1, -0.05) is 0 Å². The molecular weight excluding hydrogens is 212 g/mol. The van der Waals surface area contributed by atoms with E-state index in [9.17, 15) is 4.79 Å². The quantitative estimate of drug-likeness (QED) is 0.802. The Labute approximate surface area is 100 Å². The van der Waals surface area contributed by atoms with E-state index in [1.54, 1.807) is 6.92 Å². The lowest BCUT2D eigenvalue weighted by Gasteiger charge is -2.17. The first kappa shape index (κ1) is 10.4. The van der Waals surface area contributed by atoms with E-state index >= 15 is 0 Å². The van der Waals surface area contributed by atoms with Crippen molar-refractivity contribution < 1.29 is 4.79 Å². The number of benzene rings is 1. The van der Waals surface area contributed by atoms with Crippen LogP contribution in [0.15, 0.2) is 24.3 Å². The number of nitrogens with one attached hydrogen (secondary N) is 1. The summed E-state index contributed by atoms with van der Waals surface area (Å²) in [4.78, 5) is 16.9. The van der Waals surface area contributed by atoms with Crippen molar-refractivity contribution in [2.75, 3.05) is 18.0 Å². The number of fused-ring (bicyclic) bond motifs is 1. The average Bonchev–Trinajstić information content (AvgIpc) is 2.97. The van der Waals surface area contributed by atoms with Gasteiger partial charge in [-0.15, -0.1) is 0 Å². The fourth-order valence-electron chi connectivity index (χ4n) is 2.48. The minimum Gasteiger partial charge on any atom is -0.372 e. The van der Waals surface area contributed by atoms with Crippen LogP contribution in [0.4, 0.5) is 5.69 Å². The summed E-state index contributed by atoms with van der Waals surface area (Å²) in [7, 11) is 0. The molecule has 1 aromatic carbocycles. The first-order valence-corrected chi connectivity index (χ1v) is 6.13. The summed E-state index contributed by atoms with van der Waals surface area (Å²) in [5.74, 6) is 0.0870. The molecule has 1 fully saturated rings. The fraction of sp³-hybridized carbons (Fsp3) is 0.357. The third-order valence-electron chi connectivity index (χ3n) is 3.45. The van der Waals surface area contributed by atoms with Crippen LogP contribution in [0.5, 0.6) is 0 Å². The van der Waals surface area contributed by atoms with Crippen LogP contribution >= 0.6 is 0 Å². The Kier molecular flexibility index (Phi) is 2.39. The van der Waals surface area contributed by atoms with E-state index in [0.717, 1.165) is 24.0 Å². The zero-order chi connectivity index (χ0) is 11.8. The molecule has 2 aromatic rings. The number of rotatable bonds is 2. The standard InChI is InChI=1S/C14H16N2O/c1-10(17)14-9-11-8-12(4-5-13(11)15-14)16-6-2-3-7-16/h4-5,8-9,15H,2-3,6-7H2,1H3. The van der Waals surface area contributed by atoms with E-state index in [-0.39, 0.29) is 5.78 Å². The summed E-state index contributed by atoms with van der Waals surface area (Å²) in [6.07, 6.45) is 2.56. The number of H-pyrrole nitrogens is 1. The largest absolute Gasteiger partial charge is 0.372 e. The Morgan fingerprint density at radius 3 is 2.71 bits per heavy atom. The van der Waals surface area contributed by atoms with E-state index in [4.69, 9.17) is 0 Å². The lowest BCUT2D eigenvalue weighted by Crippen LogP contribution is -2.17. The zero-order valence-electron chi connectivity index (χ0n) is 9.99. The van der Waals surface area contributed by atoms with Crippen LogP contribution in [0.3, 0.4) is 0 Å². The molecule has 0 atom stereocenters. The average molecular weight is 228 g/mol. The van der Waals surface area contributed by atoms with Crippen molar-refractivity contribution in [3.63, 3.8) is 0 Å². The van der Waals surface area contributed by atoms with Gasteiger partial charge in [0.15, 0.2) is 5.78 Å². The fourth-order valence-corrected chi connectivity index (χ4v) is 2.48. The molecule has 88 valence electrons. The van der Waals surface area contributed by atoms with Crippen molar-refractivity contribution in [2.24, 2.45) is 0 Å². The van der Waals surface area contributed by atoms with Gasteiger partial charge in [-0.2, -0.15) is 0 Å². The molecule has 0 unspecified atom stereocenters. The second kappa shape index (κ2) is 3.91. The lowest BCUT2D eigenvalue weighted by atomic mass is 10.2. The minimum absolute atomic E-state index is 0.0870. The van der Waals surface area contributed by atoms with E-state index in [1.165, 1.54) is 18.5 Å². The number of carbonyl (C=O) groups excluding carboxylic acids is 1. The molecule has 1 aliphatic heterocycles. The van der Waals surface area contributed by atoms with Crippen molar-refractivity contribution in [3.8, 4) is 0 Å². The van der Waals surface area contributed by atoms with Gasteiger partial charge < -0.3 is 9.88 Å². The highest BCUT2D eigenvalue weighted by molar-refractivity contribution is 5.98. The van der Waals surface area contributed by atoms with Crippen LogP contribution in [0, 0.1) is 0 Å². The molecule has 3 heteroatoms. The van der Waals surface area contributed by atoms with E-state index < -0.39 is 0 Å². The second-order valence-corrected chi connectivity index (χ2v) is 4.70. The number of Topliss-reactive ketones (excluding diaryl/α,β-unsaturated/α-hetero) is 1. The number of hydrogen-bond acceptors (Lipinski definition) is 2. The molecule has 0 bridgehead atoms. The Bertz CT molecular complexity index is 565. The van der Waals surface area contributed by atoms with E-state index in [0.29, 0.717) is 5.69 Å². The Balaban J connectivity index is 2.02. The second-order valence-electron chi connectivity index (χ2n) is 4.70. The Hall–Kier alpha value is -1.77. The molecule has 3 nitrogen and oxygen atoms in total. The molecule has 1 aliphatic rings. The number of anilines is 1. The summed E-state index contributed by atoms with van der Waals surface area (Å²) >= 11 is 0. The summed E-state index contributed by atoms with van der Waals surface area (Å²) in [6.45, 7) is 3.89. The molecule has 0 aliphatic carbocycles. The van der Waals surface area contributed by atoms with Gasteiger partial charge in [0.05, 0.1) is 5.69 Å². The molecule has 0 radical (unpaired) electrons. The molecule has 0 saturated carbocycles. The van der Waals surface area contributed by atoms with Crippen LogP contribution in [0.2, 0.25) is 0 Å². The normalized spacial score (nSPS) is 15.7. The highest BCUT2D eigenvalue weighted by Crippen LogP contribution is 2.25. The molecule has 0 spiro atoms. The molecule has 1 saturated heterocycles. The SMILES string of the molecule is CC(=O)c1cc2cc(N3CCCC3)ccc2[nH]1. The highest BCUT2D eigenvalue weighted by atomic mass is 16.1. The van der Waals surface area contributed by atoms with E-state index in [1.807, 2.05) is 6.07 Å². The van der Waals surface area contributed by atoms with Crippen LogP contribution in [-0.2, 0) is 0 Å². The lowest BCUT2D eigenvalue weighted by molar-refractivity contribution is 0.101. The minimum atomic E-state index is 0.0870. The summed E-state index contributed by atoms with van der Waals surface area (Å²) in [6, 6.07) is 8.31. The van der Waals surface area contributed by atoms with Gasteiger partial charge in [0.25, 0.3) is 0 Å². The number of ketones is 1. The number of hydrogen-bond donors (Lipinski definition) is 1. The van der Waals surface area contributed by atoms with Crippen LogP contribution < -0.4 is 4.90 Å². The van der Waals surface area contributed by atoms with Crippen LogP contribution in [0.25, 0.3) is 10.9 Å². The first-order chi connectivity index (χ1) is 8.24. The zero-order valence-corrected chi connectivity index (χ0v) is 9.99. The van der Waals surface area contributed by atoms with Crippen molar-refractivity contribution in [3.05, 3.63) is 30.0 Å². The predicted molar refractivity (Wildman–Crippen MR) is 69.8 cm³/mol. The maximum atomic E-state index is 11.3. The molecule has 1 N–H and O–H groups in total. The van der Waals surface area contributed by atoms with Crippen molar-refractivity contribution in [2.45, 2.75) is 19.8 Å². The smallest absolute Gasteiger partial charge is 0.175 e. The summed E-state index contributed by atoms with van der Waals surface area (Å²) in [5, 5.41) is 1.12. The molecular formula is C14H16N2O. The number of aromatic amines is 1. The summed E-state index contributed by atoms with van der Waals surface area (Å²) < 4.78 is 0. The third-order valence-corrected chi connectivity index (χ3v) is 3.45. The maximum absolute atomic E-state index is 11.3. The van der Waals surface area contributed by atoms with Crippen molar-refractivity contribution in [1.82, 2.24) is 4.98 Å². The van der Waals surface area contributed by atoms with E-state index in [2.05, 4.69) is 28.1 Å². The van der Waals surface area contributed by atoms with Gasteiger partial charge in [0.2, 0.25) is 0 Å². The highest BCUT2D eigenvalue weighted by Gasteiger charge is 2.13. The molecule has 3 rings (SSSR count). The van der Waals surface area contributed by atoms with Gasteiger partial charge >= 0.3 is 0 Å². The first-order valence-electron chi connectivity index (χ1n) is 6.13. The Morgan fingerprint density at radius 1 is 1.24 bits per heavy atom. The van der Waals surface area contributed by atoms with Gasteiger partial charge in [-0.05, 0) is 37.1 Å². The molecule has 0 amide bonds. The number of aromatic nitrogens is 1. The van der Waals surface area contributed by atoms with Crippen LogP contribution in [-0.4, -0.2) is 23.9 Å². The third kappa shape index (κ3) is 1.82. The molecule has 17 heavy (non-hydrogen) atoms. The molecule has 1 aromatic heterocycles. The predicted octanol–water partition coefficient (Wildman–Crippen LogP) is 2.97. The van der Waals surface area contributed by atoms with Gasteiger partial charge in [0, 0.05) is 36.6 Å². The Morgan fingerprint density at radius 2 is 2.00 bits per heavy atom. The van der Waals surface area contributed by atoms with Crippen molar-refractivity contribution in [1.29, 1.82) is 0 Å².